The molecule has 0 bridgehead atoms. The Morgan fingerprint density at radius 3 is 2.89 bits per heavy atom. The van der Waals surface area contributed by atoms with Crippen LogP contribution in [0.1, 0.15) is 12.8 Å². The number of ether oxygens (including phenoxy) is 1. The number of anilines is 1. The van der Waals surface area contributed by atoms with E-state index in [0.717, 1.165) is 16.6 Å². The van der Waals surface area contributed by atoms with Crippen molar-refractivity contribution in [2.24, 2.45) is 0 Å². The third kappa shape index (κ3) is 2.69. The zero-order chi connectivity index (χ0) is 13.1. The zero-order valence-electron chi connectivity index (χ0n) is 10.8. The van der Waals surface area contributed by atoms with Crippen LogP contribution in [0.4, 0.5) is 5.69 Å². The maximum atomic E-state index is 10.4. The van der Waals surface area contributed by atoms with Crippen LogP contribution in [-0.2, 0) is 4.74 Å². The topological polar surface area (TPSA) is 54.4 Å². The summed E-state index contributed by atoms with van der Waals surface area (Å²) < 4.78 is 5.29. The van der Waals surface area contributed by atoms with Crippen LogP contribution in [0, 0.1) is 0 Å². The number of nitrogens with one attached hydrogen (secondary N) is 1. The lowest BCUT2D eigenvalue weighted by molar-refractivity contribution is -0.0543. The van der Waals surface area contributed by atoms with Crippen LogP contribution in [0.5, 0.6) is 0 Å². The SMILES string of the molecule is OC1(CNc2cccc3ncccc23)CCOCC1. The molecule has 2 aromatic rings. The maximum absolute atomic E-state index is 10.4. The molecule has 1 aliphatic heterocycles. The van der Waals surface area contributed by atoms with Crippen LogP contribution in [0.2, 0.25) is 0 Å². The second-order valence-corrected chi connectivity index (χ2v) is 5.07. The van der Waals surface area contributed by atoms with Gasteiger partial charge in [0.05, 0.1) is 11.1 Å². The molecule has 1 saturated heterocycles. The minimum absolute atomic E-state index is 0.546. The summed E-state index contributed by atoms with van der Waals surface area (Å²) in [6, 6.07) is 9.96. The molecule has 19 heavy (non-hydrogen) atoms. The quantitative estimate of drug-likeness (QED) is 0.886. The fourth-order valence-electron chi connectivity index (χ4n) is 2.45. The van der Waals surface area contributed by atoms with Crippen LogP contribution in [0.25, 0.3) is 10.9 Å². The molecule has 1 aromatic carbocycles. The minimum Gasteiger partial charge on any atom is -0.388 e. The fourth-order valence-corrected chi connectivity index (χ4v) is 2.45. The highest BCUT2D eigenvalue weighted by Crippen LogP contribution is 2.25. The van der Waals surface area contributed by atoms with E-state index in [2.05, 4.69) is 10.3 Å². The first-order chi connectivity index (χ1) is 9.27. The van der Waals surface area contributed by atoms with Gasteiger partial charge in [-0.15, -0.1) is 0 Å². The van der Waals surface area contributed by atoms with Crippen molar-refractivity contribution in [2.45, 2.75) is 18.4 Å². The standard InChI is InChI=1S/C15H18N2O2/c18-15(6-9-19-10-7-15)11-17-14-5-1-4-13-12(14)3-2-8-16-13/h1-5,8,17-18H,6-7,9-11H2. The number of fused-ring (bicyclic) bond motifs is 1. The molecule has 0 atom stereocenters. The van der Waals surface area contributed by atoms with Gasteiger partial charge in [-0.3, -0.25) is 4.98 Å². The Bertz CT molecular complexity index is 560. The maximum Gasteiger partial charge on any atom is 0.0863 e. The van der Waals surface area contributed by atoms with Crippen molar-refractivity contribution in [1.29, 1.82) is 0 Å². The number of aromatic nitrogens is 1. The van der Waals surface area contributed by atoms with Gasteiger partial charge in [-0.1, -0.05) is 6.07 Å². The van der Waals surface area contributed by atoms with E-state index in [9.17, 15) is 5.11 Å². The molecule has 0 aliphatic carbocycles. The van der Waals surface area contributed by atoms with Gasteiger partial charge >= 0.3 is 0 Å². The predicted molar refractivity (Wildman–Crippen MR) is 75.2 cm³/mol. The summed E-state index contributed by atoms with van der Waals surface area (Å²) in [6.07, 6.45) is 3.16. The monoisotopic (exact) mass is 258 g/mol. The number of pyridine rings is 1. The molecule has 2 heterocycles. The first-order valence-corrected chi connectivity index (χ1v) is 6.65. The van der Waals surface area contributed by atoms with Crippen LogP contribution in [0.3, 0.4) is 0 Å². The molecule has 1 aliphatic rings. The molecule has 0 radical (unpaired) electrons. The van der Waals surface area contributed by atoms with Crippen molar-refractivity contribution in [3.05, 3.63) is 36.5 Å². The van der Waals surface area contributed by atoms with E-state index < -0.39 is 5.60 Å². The lowest BCUT2D eigenvalue weighted by Gasteiger charge is -2.32. The minimum atomic E-state index is -0.664. The molecule has 2 N–H and O–H groups in total. The molecule has 1 fully saturated rings. The van der Waals surface area contributed by atoms with Crippen LogP contribution in [-0.4, -0.2) is 35.5 Å². The highest BCUT2D eigenvalue weighted by atomic mass is 16.5. The van der Waals surface area contributed by atoms with Gasteiger partial charge in [-0.05, 0) is 24.3 Å². The third-order valence-electron chi connectivity index (χ3n) is 3.68. The van der Waals surface area contributed by atoms with E-state index >= 15 is 0 Å². The smallest absolute Gasteiger partial charge is 0.0863 e. The summed E-state index contributed by atoms with van der Waals surface area (Å²) in [5.41, 5.74) is 1.32. The van der Waals surface area contributed by atoms with Gasteiger partial charge in [0, 0.05) is 49.9 Å². The molecule has 3 rings (SSSR count). The van der Waals surface area contributed by atoms with Gasteiger partial charge in [0.25, 0.3) is 0 Å². The van der Waals surface area contributed by atoms with Crippen molar-refractivity contribution in [1.82, 2.24) is 4.98 Å². The number of aliphatic hydroxyl groups is 1. The van der Waals surface area contributed by atoms with Crippen molar-refractivity contribution < 1.29 is 9.84 Å². The van der Waals surface area contributed by atoms with Crippen molar-refractivity contribution in [3.63, 3.8) is 0 Å². The Labute approximate surface area is 112 Å². The molecule has 0 amide bonds. The Kier molecular flexibility index (Phi) is 3.36. The normalized spacial score (nSPS) is 18.4. The highest BCUT2D eigenvalue weighted by molar-refractivity contribution is 5.91. The lowest BCUT2D eigenvalue weighted by Crippen LogP contribution is -2.42. The Morgan fingerprint density at radius 2 is 2.05 bits per heavy atom. The van der Waals surface area contributed by atoms with E-state index in [1.165, 1.54) is 0 Å². The molecule has 0 saturated carbocycles. The van der Waals surface area contributed by atoms with Gasteiger partial charge < -0.3 is 15.2 Å². The fraction of sp³-hybridized carbons (Fsp3) is 0.400. The van der Waals surface area contributed by atoms with Gasteiger partial charge in [0.15, 0.2) is 0 Å². The molecule has 0 unspecified atom stereocenters. The summed E-state index contributed by atoms with van der Waals surface area (Å²) in [7, 11) is 0. The summed E-state index contributed by atoms with van der Waals surface area (Å²) in [5, 5.41) is 14.9. The number of nitrogens with zero attached hydrogens (tertiary/aromatic N) is 1. The lowest BCUT2D eigenvalue weighted by atomic mass is 9.94. The number of hydrogen-bond acceptors (Lipinski definition) is 4. The van der Waals surface area contributed by atoms with E-state index in [1.807, 2.05) is 30.3 Å². The second kappa shape index (κ2) is 5.15. The number of hydrogen-bond donors (Lipinski definition) is 2. The van der Waals surface area contributed by atoms with Crippen molar-refractivity contribution >= 4 is 16.6 Å². The van der Waals surface area contributed by atoms with E-state index in [-0.39, 0.29) is 0 Å². The molecule has 1 aromatic heterocycles. The van der Waals surface area contributed by atoms with Crippen LogP contribution >= 0.6 is 0 Å². The second-order valence-electron chi connectivity index (χ2n) is 5.07. The average Bonchev–Trinajstić information content (AvgIpc) is 2.46. The summed E-state index contributed by atoms with van der Waals surface area (Å²) >= 11 is 0. The van der Waals surface area contributed by atoms with E-state index in [4.69, 9.17) is 4.74 Å². The first kappa shape index (κ1) is 12.4. The number of benzene rings is 1. The largest absolute Gasteiger partial charge is 0.388 e. The Hall–Kier alpha value is -1.65. The molecule has 4 heteroatoms. The Balaban J connectivity index is 1.78. The summed E-state index contributed by atoms with van der Waals surface area (Å²) in [5.74, 6) is 0. The number of rotatable bonds is 3. The van der Waals surface area contributed by atoms with Crippen LogP contribution < -0.4 is 5.32 Å². The Morgan fingerprint density at radius 1 is 1.21 bits per heavy atom. The van der Waals surface area contributed by atoms with Crippen molar-refractivity contribution in [2.75, 3.05) is 25.1 Å². The van der Waals surface area contributed by atoms with Crippen LogP contribution in [0.15, 0.2) is 36.5 Å². The molecule has 0 spiro atoms. The van der Waals surface area contributed by atoms with E-state index in [1.54, 1.807) is 6.20 Å². The van der Waals surface area contributed by atoms with Crippen molar-refractivity contribution in [3.8, 4) is 0 Å². The van der Waals surface area contributed by atoms with Gasteiger partial charge in [-0.2, -0.15) is 0 Å². The third-order valence-corrected chi connectivity index (χ3v) is 3.68. The van der Waals surface area contributed by atoms with Gasteiger partial charge in [0.2, 0.25) is 0 Å². The summed E-state index contributed by atoms with van der Waals surface area (Å²) in [6.45, 7) is 1.81. The zero-order valence-corrected chi connectivity index (χ0v) is 10.8. The van der Waals surface area contributed by atoms with Gasteiger partial charge in [0.1, 0.15) is 0 Å². The first-order valence-electron chi connectivity index (χ1n) is 6.65. The molecule has 4 nitrogen and oxygen atoms in total. The van der Waals surface area contributed by atoms with E-state index in [0.29, 0.717) is 32.6 Å². The average molecular weight is 258 g/mol. The molecular formula is C15H18N2O2. The summed E-state index contributed by atoms with van der Waals surface area (Å²) in [4.78, 5) is 4.33. The van der Waals surface area contributed by atoms with Gasteiger partial charge in [-0.25, -0.2) is 0 Å². The predicted octanol–water partition coefficient (Wildman–Crippen LogP) is 2.19. The molecule has 100 valence electrons. The molecular weight excluding hydrogens is 240 g/mol. The highest BCUT2D eigenvalue weighted by Gasteiger charge is 2.29.